The highest BCUT2D eigenvalue weighted by Gasteiger charge is 2.31. The van der Waals surface area contributed by atoms with Gasteiger partial charge >= 0.3 is 0 Å². The molecule has 0 unspecified atom stereocenters. The maximum Gasteiger partial charge on any atom is 0.242 e. The fourth-order valence-corrected chi connectivity index (χ4v) is 3.30. The molecule has 0 aromatic heterocycles. The van der Waals surface area contributed by atoms with Crippen molar-refractivity contribution in [2.75, 3.05) is 13.1 Å². The van der Waals surface area contributed by atoms with Crippen LogP contribution in [0, 0.1) is 5.92 Å². The molecule has 8 heteroatoms. The van der Waals surface area contributed by atoms with Gasteiger partial charge in [-0.05, 0) is 31.7 Å². The third-order valence-electron chi connectivity index (χ3n) is 4.59. The molecule has 0 bridgehead atoms. The topological polar surface area (TPSA) is 113 Å². The van der Waals surface area contributed by atoms with Crippen molar-refractivity contribution in [3.05, 3.63) is 27.7 Å². The van der Waals surface area contributed by atoms with Crippen LogP contribution in [0.25, 0.3) is 0 Å². The number of benzene rings is 1. The van der Waals surface area contributed by atoms with Crippen molar-refractivity contribution in [3.63, 3.8) is 0 Å². The van der Waals surface area contributed by atoms with Gasteiger partial charge in [-0.2, -0.15) is 0 Å². The number of phenols is 1. The predicted octanol–water partition coefficient (Wildman–Crippen LogP) is 1.65. The highest BCUT2D eigenvalue weighted by molar-refractivity contribution is 6.42. The minimum Gasteiger partial charge on any atom is -0.508 e. The number of aliphatic hydroxyl groups is 1. The van der Waals surface area contributed by atoms with Gasteiger partial charge in [0.15, 0.2) is 0 Å². The number of likely N-dealkylation sites (tertiary alicyclic amines) is 1. The smallest absolute Gasteiger partial charge is 0.242 e. The van der Waals surface area contributed by atoms with Gasteiger partial charge in [-0.3, -0.25) is 4.79 Å². The molecular weight excluding hydrogens is 353 g/mol. The lowest BCUT2D eigenvalue weighted by Gasteiger charge is -2.36. The number of nitrogens with two attached hydrogens (primary N) is 2. The van der Waals surface area contributed by atoms with Gasteiger partial charge < -0.3 is 26.6 Å². The number of hydrogen-bond acceptors (Lipinski definition) is 5. The zero-order valence-corrected chi connectivity index (χ0v) is 15.0. The van der Waals surface area contributed by atoms with Crippen LogP contribution >= 0.6 is 23.2 Å². The molecule has 0 saturated carbocycles. The summed E-state index contributed by atoms with van der Waals surface area (Å²) < 4.78 is 0. The maximum atomic E-state index is 12.2. The summed E-state index contributed by atoms with van der Waals surface area (Å²) in [6.45, 7) is 2.53. The molecular formula is C16H23Cl2N3O3. The third-order valence-corrected chi connectivity index (χ3v) is 5.31. The Morgan fingerprint density at radius 1 is 1.25 bits per heavy atom. The van der Waals surface area contributed by atoms with Gasteiger partial charge in [0.2, 0.25) is 5.91 Å². The van der Waals surface area contributed by atoms with Gasteiger partial charge in [0, 0.05) is 30.8 Å². The summed E-state index contributed by atoms with van der Waals surface area (Å²) in [4.78, 5) is 13.8. The van der Waals surface area contributed by atoms with E-state index in [9.17, 15) is 15.0 Å². The fraction of sp³-hybridized carbons (Fsp3) is 0.562. The summed E-state index contributed by atoms with van der Waals surface area (Å²) >= 11 is 11.9. The molecule has 0 spiro atoms. The van der Waals surface area contributed by atoms with Crippen LogP contribution in [0.4, 0.5) is 0 Å². The summed E-state index contributed by atoms with van der Waals surface area (Å²) in [5.74, 6) is -0.138. The van der Waals surface area contributed by atoms with E-state index in [2.05, 4.69) is 0 Å². The number of hydrogen-bond donors (Lipinski definition) is 4. The van der Waals surface area contributed by atoms with Gasteiger partial charge in [0.25, 0.3) is 0 Å². The van der Waals surface area contributed by atoms with E-state index in [-0.39, 0.29) is 22.6 Å². The van der Waals surface area contributed by atoms with Crippen LogP contribution < -0.4 is 11.5 Å². The van der Waals surface area contributed by atoms with Gasteiger partial charge in [-0.15, -0.1) is 0 Å². The molecule has 1 aliphatic heterocycles. The van der Waals surface area contributed by atoms with E-state index >= 15 is 0 Å². The Labute approximate surface area is 151 Å². The number of carbonyl (C=O) groups excluding carboxylic acids is 1. The molecule has 1 aliphatic rings. The number of phenolic OH excluding ortho intramolecular Hbond substituents is 1. The second-order valence-corrected chi connectivity index (χ2v) is 7.09. The molecule has 1 aromatic rings. The van der Waals surface area contributed by atoms with Gasteiger partial charge in [0.1, 0.15) is 11.8 Å². The Kier molecular flexibility index (Phi) is 6.33. The molecule has 0 aliphatic carbocycles. The first kappa shape index (κ1) is 19.3. The summed E-state index contributed by atoms with van der Waals surface area (Å²) in [6, 6.07) is 1.67. The van der Waals surface area contributed by atoms with Crippen molar-refractivity contribution in [1.82, 2.24) is 4.90 Å². The van der Waals surface area contributed by atoms with E-state index in [1.165, 1.54) is 13.0 Å². The molecule has 1 aromatic carbocycles. The van der Waals surface area contributed by atoms with E-state index in [1.54, 1.807) is 11.0 Å². The normalized spacial score (nSPS) is 19.8. The maximum absolute atomic E-state index is 12.2. The number of nitrogens with zero attached hydrogens (tertiary/aromatic N) is 1. The van der Waals surface area contributed by atoms with Crippen molar-refractivity contribution in [2.45, 2.75) is 38.0 Å². The number of rotatable bonds is 4. The fourth-order valence-electron chi connectivity index (χ4n) is 2.97. The van der Waals surface area contributed by atoms with Crippen molar-refractivity contribution < 1.29 is 15.0 Å². The Hall–Kier alpha value is -1.05. The Morgan fingerprint density at radius 2 is 1.79 bits per heavy atom. The van der Waals surface area contributed by atoms with Crippen LogP contribution in [0.5, 0.6) is 5.75 Å². The zero-order valence-electron chi connectivity index (χ0n) is 13.5. The molecule has 0 radical (unpaired) electrons. The van der Waals surface area contributed by atoms with Gasteiger partial charge in [-0.1, -0.05) is 23.2 Å². The minimum absolute atomic E-state index is 0.0199. The Morgan fingerprint density at radius 3 is 2.33 bits per heavy atom. The van der Waals surface area contributed by atoms with Crippen molar-refractivity contribution >= 4 is 29.1 Å². The number of aliphatic hydroxyl groups excluding tert-OH is 1. The number of halogens is 2. The molecule has 134 valence electrons. The number of amides is 1. The zero-order chi connectivity index (χ0) is 18.0. The van der Waals surface area contributed by atoms with E-state index in [1.807, 2.05) is 0 Å². The summed E-state index contributed by atoms with van der Waals surface area (Å²) in [6.07, 6.45) is 0.476. The van der Waals surface area contributed by atoms with Crippen LogP contribution in [-0.4, -0.2) is 46.3 Å². The van der Waals surface area contributed by atoms with Crippen molar-refractivity contribution in [1.29, 1.82) is 0 Å². The van der Waals surface area contributed by atoms with Gasteiger partial charge in [0.05, 0.1) is 16.1 Å². The molecule has 3 atom stereocenters. The summed E-state index contributed by atoms with van der Waals surface area (Å²) in [5, 5.41) is 20.1. The lowest BCUT2D eigenvalue weighted by Crippen LogP contribution is -2.51. The third kappa shape index (κ3) is 4.13. The average molecular weight is 376 g/mol. The standard InChI is InChI=1S/C16H23Cl2N3O3/c1-8(22)14(19)16(24)21-4-2-9(3-5-21)15(20)10-6-11(17)12(18)7-13(10)23/h6-9,14-15,22-23H,2-5,19-20H2,1H3/t8-,14+,15-/m1/s1. The molecule has 1 saturated heterocycles. The van der Waals surface area contributed by atoms with E-state index < -0.39 is 18.2 Å². The van der Waals surface area contributed by atoms with Crippen molar-refractivity contribution in [2.24, 2.45) is 17.4 Å². The molecule has 1 fully saturated rings. The number of piperidine rings is 1. The van der Waals surface area contributed by atoms with Crippen LogP contribution in [0.3, 0.4) is 0 Å². The highest BCUT2D eigenvalue weighted by Crippen LogP contribution is 2.37. The molecule has 6 nitrogen and oxygen atoms in total. The molecule has 2 rings (SSSR count). The first-order chi connectivity index (χ1) is 11.2. The molecule has 1 amide bonds. The van der Waals surface area contributed by atoms with Gasteiger partial charge in [-0.25, -0.2) is 0 Å². The quantitative estimate of drug-likeness (QED) is 0.638. The second-order valence-electron chi connectivity index (χ2n) is 6.28. The SMILES string of the molecule is C[C@@H](O)[C@H](N)C(=O)N1CCC([C@@H](N)c2cc(Cl)c(Cl)cc2O)CC1. The Bertz CT molecular complexity index is 604. The largest absolute Gasteiger partial charge is 0.508 e. The average Bonchev–Trinajstić information content (AvgIpc) is 2.56. The molecule has 1 heterocycles. The first-order valence-corrected chi connectivity index (χ1v) is 8.64. The van der Waals surface area contributed by atoms with E-state index in [4.69, 9.17) is 34.7 Å². The first-order valence-electron chi connectivity index (χ1n) is 7.88. The predicted molar refractivity (Wildman–Crippen MR) is 94.0 cm³/mol. The van der Waals surface area contributed by atoms with Crippen LogP contribution in [0.15, 0.2) is 12.1 Å². The summed E-state index contributed by atoms with van der Waals surface area (Å²) in [5.41, 5.74) is 12.5. The van der Waals surface area contributed by atoms with E-state index in [0.29, 0.717) is 36.5 Å². The van der Waals surface area contributed by atoms with E-state index in [0.717, 1.165) is 0 Å². The second kappa shape index (κ2) is 7.89. The van der Waals surface area contributed by atoms with Crippen molar-refractivity contribution in [3.8, 4) is 5.75 Å². The lowest BCUT2D eigenvalue weighted by molar-refractivity contribution is -0.136. The Balaban J connectivity index is 2.02. The summed E-state index contributed by atoms with van der Waals surface area (Å²) in [7, 11) is 0. The van der Waals surface area contributed by atoms with Crippen LogP contribution in [-0.2, 0) is 4.79 Å². The van der Waals surface area contributed by atoms with Crippen LogP contribution in [0.2, 0.25) is 10.0 Å². The minimum atomic E-state index is -0.908. The highest BCUT2D eigenvalue weighted by atomic mass is 35.5. The lowest BCUT2D eigenvalue weighted by atomic mass is 9.85. The number of aromatic hydroxyl groups is 1. The molecule has 24 heavy (non-hydrogen) atoms. The van der Waals surface area contributed by atoms with Crippen LogP contribution in [0.1, 0.15) is 31.4 Å². The molecule has 6 N–H and O–H groups in total. The monoisotopic (exact) mass is 375 g/mol. The number of carbonyl (C=O) groups is 1.